The molecule has 1 amide bonds. The number of aromatic nitrogens is 2. The summed E-state index contributed by atoms with van der Waals surface area (Å²) >= 11 is 0. The van der Waals surface area contributed by atoms with Gasteiger partial charge in [-0.05, 0) is 31.1 Å². The van der Waals surface area contributed by atoms with E-state index in [1.807, 2.05) is 20.0 Å². The molecule has 1 fully saturated rings. The van der Waals surface area contributed by atoms with E-state index in [-0.39, 0.29) is 23.3 Å². The van der Waals surface area contributed by atoms with Gasteiger partial charge >= 0.3 is 0 Å². The molecule has 0 aliphatic heterocycles. The number of hydrogen-bond acceptors (Lipinski definition) is 3. The van der Waals surface area contributed by atoms with Crippen molar-refractivity contribution < 1.29 is 4.79 Å². The molecule has 1 aromatic rings. The first kappa shape index (κ1) is 15.0. The molecule has 1 aliphatic carbocycles. The lowest BCUT2D eigenvalue weighted by molar-refractivity contribution is -0.127. The first-order valence-electron chi connectivity index (χ1n) is 7.30. The smallest absolute Gasteiger partial charge is 0.229 e. The molecule has 0 spiro atoms. The second kappa shape index (κ2) is 5.20. The summed E-state index contributed by atoms with van der Waals surface area (Å²) in [6.45, 7) is 8.37. The molecule has 1 aromatic heterocycles. The summed E-state index contributed by atoms with van der Waals surface area (Å²) in [5.41, 5.74) is 6.97. The van der Waals surface area contributed by atoms with Gasteiger partial charge in [0.25, 0.3) is 0 Å². The van der Waals surface area contributed by atoms with E-state index in [2.05, 4.69) is 31.2 Å². The number of nitrogens with one attached hydrogen (secondary N) is 1. The van der Waals surface area contributed by atoms with Crippen molar-refractivity contribution in [3.05, 3.63) is 11.8 Å². The number of anilines is 1. The molecule has 0 saturated heterocycles. The van der Waals surface area contributed by atoms with E-state index >= 15 is 0 Å². The SMILES string of the molecule is Cc1cc(NC(=O)C2CCC(N)C(C)C2(C)C)n(C)n1. The number of rotatable bonds is 2. The van der Waals surface area contributed by atoms with Crippen molar-refractivity contribution in [2.24, 2.45) is 30.0 Å². The van der Waals surface area contributed by atoms with Gasteiger partial charge < -0.3 is 11.1 Å². The standard InChI is InChI=1S/C15H26N4O/c1-9-8-13(19(5)18-9)17-14(20)11-6-7-12(16)10(2)15(11,3)4/h8,10-12H,6-7,16H2,1-5H3,(H,17,20). The van der Waals surface area contributed by atoms with Crippen molar-refractivity contribution in [1.29, 1.82) is 0 Å². The molecule has 20 heavy (non-hydrogen) atoms. The molecule has 1 heterocycles. The first-order chi connectivity index (χ1) is 9.23. The number of carbonyl (C=O) groups is 1. The predicted molar refractivity (Wildman–Crippen MR) is 80.2 cm³/mol. The second-order valence-electron chi connectivity index (χ2n) is 6.69. The molecule has 1 aliphatic rings. The largest absolute Gasteiger partial charge is 0.327 e. The van der Waals surface area contributed by atoms with E-state index in [0.29, 0.717) is 5.92 Å². The van der Waals surface area contributed by atoms with Crippen molar-refractivity contribution >= 4 is 11.7 Å². The Kier molecular flexibility index (Phi) is 3.91. The molecule has 112 valence electrons. The average molecular weight is 278 g/mol. The Labute approximate surface area is 120 Å². The first-order valence-corrected chi connectivity index (χ1v) is 7.30. The highest BCUT2D eigenvalue weighted by molar-refractivity contribution is 5.92. The van der Waals surface area contributed by atoms with Crippen molar-refractivity contribution in [3.63, 3.8) is 0 Å². The highest BCUT2D eigenvalue weighted by Crippen LogP contribution is 2.44. The lowest BCUT2D eigenvalue weighted by atomic mass is 9.61. The van der Waals surface area contributed by atoms with Crippen LogP contribution in [0.1, 0.15) is 39.3 Å². The van der Waals surface area contributed by atoms with Crippen LogP contribution in [-0.4, -0.2) is 21.7 Å². The van der Waals surface area contributed by atoms with Crippen LogP contribution >= 0.6 is 0 Å². The van der Waals surface area contributed by atoms with Crippen molar-refractivity contribution in [2.75, 3.05) is 5.32 Å². The minimum Gasteiger partial charge on any atom is -0.327 e. The van der Waals surface area contributed by atoms with Crippen LogP contribution in [0.15, 0.2) is 6.07 Å². The number of hydrogen-bond donors (Lipinski definition) is 2. The van der Waals surface area contributed by atoms with Gasteiger partial charge in [-0.15, -0.1) is 0 Å². The summed E-state index contributed by atoms with van der Waals surface area (Å²) < 4.78 is 1.71. The van der Waals surface area contributed by atoms with Gasteiger partial charge in [0.05, 0.1) is 5.69 Å². The zero-order chi connectivity index (χ0) is 15.1. The fourth-order valence-corrected chi connectivity index (χ4v) is 3.26. The van der Waals surface area contributed by atoms with E-state index in [4.69, 9.17) is 5.73 Å². The average Bonchev–Trinajstić information content (AvgIpc) is 2.64. The minimum atomic E-state index is -0.0879. The number of amides is 1. The van der Waals surface area contributed by atoms with Crippen LogP contribution < -0.4 is 11.1 Å². The van der Waals surface area contributed by atoms with Crippen LogP contribution in [-0.2, 0) is 11.8 Å². The molecule has 3 atom stereocenters. The molecule has 5 nitrogen and oxygen atoms in total. The van der Waals surface area contributed by atoms with E-state index < -0.39 is 0 Å². The molecule has 5 heteroatoms. The normalized spacial score (nSPS) is 29.2. The van der Waals surface area contributed by atoms with Gasteiger partial charge in [-0.3, -0.25) is 9.48 Å². The maximum absolute atomic E-state index is 12.6. The molecule has 0 aromatic carbocycles. The number of nitrogens with zero attached hydrogens (tertiary/aromatic N) is 2. The Balaban J connectivity index is 2.15. The molecule has 3 unspecified atom stereocenters. The Morgan fingerprint density at radius 3 is 2.70 bits per heavy atom. The van der Waals surface area contributed by atoms with Gasteiger partial charge in [-0.1, -0.05) is 20.8 Å². The van der Waals surface area contributed by atoms with Crippen LogP contribution in [0.3, 0.4) is 0 Å². The molecular weight excluding hydrogens is 252 g/mol. The van der Waals surface area contributed by atoms with Crippen LogP contribution in [0.2, 0.25) is 0 Å². The van der Waals surface area contributed by atoms with Crippen LogP contribution in [0, 0.1) is 24.2 Å². The highest BCUT2D eigenvalue weighted by atomic mass is 16.2. The molecule has 1 saturated carbocycles. The van der Waals surface area contributed by atoms with Gasteiger partial charge in [0, 0.05) is 25.1 Å². The van der Waals surface area contributed by atoms with Crippen LogP contribution in [0.25, 0.3) is 0 Å². The van der Waals surface area contributed by atoms with Crippen molar-refractivity contribution in [1.82, 2.24) is 9.78 Å². The fourth-order valence-electron chi connectivity index (χ4n) is 3.26. The summed E-state index contributed by atoms with van der Waals surface area (Å²) in [5.74, 6) is 1.16. The number of nitrogens with two attached hydrogens (primary N) is 1. The third-order valence-corrected chi connectivity index (χ3v) is 5.07. The topological polar surface area (TPSA) is 72.9 Å². The Morgan fingerprint density at radius 1 is 1.50 bits per heavy atom. The highest BCUT2D eigenvalue weighted by Gasteiger charge is 2.45. The van der Waals surface area contributed by atoms with Gasteiger partial charge in [0.2, 0.25) is 5.91 Å². The summed E-state index contributed by atoms with van der Waals surface area (Å²) in [6, 6.07) is 2.08. The van der Waals surface area contributed by atoms with Crippen LogP contribution in [0.5, 0.6) is 0 Å². The van der Waals surface area contributed by atoms with Crippen LogP contribution in [0.4, 0.5) is 5.82 Å². The number of aryl methyl sites for hydroxylation is 2. The summed E-state index contributed by atoms with van der Waals surface area (Å²) in [7, 11) is 1.84. The van der Waals surface area contributed by atoms with Crippen molar-refractivity contribution in [3.8, 4) is 0 Å². The summed E-state index contributed by atoms with van der Waals surface area (Å²) in [5, 5.41) is 7.27. The summed E-state index contributed by atoms with van der Waals surface area (Å²) in [6.07, 6.45) is 1.76. The molecule has 3 N–H and O–H groups in total. The lowest BCUT2D eigenvalue weighted by Crippen LogP contribution is -2.50. The Bertz CT molecular complexity index is 506. The quantitative estimate of drug-likeness (QED) is 0.869. The summed E-state index contributed by atoms with van der Waals surface area (Å²) in [4.78, 5) is 12.6. The molecule has 2 rings (SSSR count). The molecule has 0 radical (unpaired) electrons. The number of carbonyl (C=O) groups excluding carboxylic acids is 1. The lowest BCUT2D eigenvalue weighted by Gasteiger charge is -2.45. The molecular formula is C15H26N4O. The van der Waals surface area contributed by atoms with E-state index in [0.717, 1.165) is 24.4 Å². The predicted octanol–water partition coefficient (Wildman–Crippen LogP) is 2.07. The Morgan fingerprint density at radius 2 is 2.15 bits per heavy atom. The maximum atomic E-state index is 12.6. The molecule has 0 bridgehead atoms. The van der Waals surface area contributed by atoms with Gasteiger partial charge in [-0.25, -0.2) is 0 Å². The van der Waals surface area contributed by atoms with E-state index in [9.17, 15) is 4.79 Å². The second-order valence-corrected chi connectivity index (χ2v) is 6.69. The maximum Gasteiger partial charge on any atom is 0.229 e. The van der Waals surface area contributed by atoms with Crippen molar-refractivity contribution in [2.45, 2.75) is 46.6 Å². The third kappa shape index (κ3) is 2.59. The van der Waals surface area contributed by atoms with Gasteiger partial charge in [0.1, 0.15) is 5.82 Å². The van der Waals surface area contributed by atoms with E-state index in [1.54, 1.807) is 4.68 Å². The third-order valence-electron chi connectivity index (χ3n) is 5.07. The van der Waals surface area contributed by atoms with Gasteiger partial charge in [-0.2, -0.15) is 5.10 Å². The zero-order valence-electron chi connectivity index (χ0n) is 13.1. The van der Waals surface area contributed by atoms with E-state index in [1.165, 1.54) is 0 Å². The monoisotopic (exact) mass is 278 g/mol. The minimum absolute atomic E-state index is 0.00694. The van der Waals surface area contributed by atoms with Gasteiger partial charge in [0.15, 0.2) is 0 Å². The Hall–Kier alpha value is -1.36. The zero-order valence-corrected chi connectivity index (χ0v) is 13.1. The fraction of sp³-hybridized carbons (Fsp3) is 0.733.